The molecule has 0 saturated carbocycles. The van der Waals surface area contributed by atoms with Crippen LogP contribution in [0.4, 0.5) is 4.79 Å². The highest BCUT2D eigenvalue weighted by Crippen LogP contribution is 2.31. The number of carbonyl (C=O) groups excluding carboxylic acids is 1. The Kier molecular flexibility index (Phi) is 4.36. The smallest absolute Gasteiger partial charge is 0.410 e. The van der Waals surface area contributed by atoms with Crippen LogP contribution in [0.3, 0.4) is 0 Å². The Labute approximate surface area is 115 Å². The van der Waals surface area contributed by atoms with Crippen molar-refractivity contribution in [3.05, 3.63) is 0 Å². The van der Waals surface area contributed by atoms with E-state index in [2.05, 4.69) is 0 Å². The highest BCUT2D eigenvalue weighted by atomic mass is 16.6. The monoisotopic (exact) mass is 270 g/mol. The molecule has 2 fully saturated rings. The van der Waals surface area contributed by atoms with E-state index >= 15 is 0 Å². The van der Waals surface area contributed by atoms with Crippen molar-refractivity contribution in [2.45, 2.75) is 57.7 Å². The molecule has 3 atom stereocenters. The van der Waals surface area contributed by atoms with E-state index in [1.807, 2.05) is 25.7 Å². The summed E-state index contributed by atoms with van der Waals surface area (Å²) in [5, 5.41) is 0. The van der Waals surface area contributed by atoms with Gasteiger partial charge in [0.05, 0.1) is 0 Å². The van der Waals surface area contributed by atoms with Crippen LogP contribution in [0.1, 0.15) is 40.0 Å². The third-order valence-electron chi connectivity index (χ3n) is 3.93. The van der Waals surface area contributed by atoms with Crippen molar-refractivity contribution in [3.8, 4) is 0 Å². The summed E-state index contributed by atoms with van der Waals surface area (Å²) in [5.74, 6) is 0.337. The number of rotatable bonds is 0. The summed E-state index contributed by atoms with van der Waals surface area (Å²) in [6, 6.07) is 0.339. The Bertz CT molecular complexity index is 327. The lowest BCUT2D eigenvalue weighted by atomic mass is 9.82. The van der Waals surface area contributed by atoms with Crippen molar-refractivity contribution in [3.63, 3.8) is 0 Å². The van der Waals surface area contributed by atoms with Crippen molar-refractivity contribution in [1.82, 2.24) is 4.90 Å². The first kappa shape index (κ1) is 14.6. The summed E-state index contributed by atoms with van der Waals surface area (Å²) in [6.07, 6.45) is 2.43. The van der Waals surface area contributed by atoms with E-state index in [0.29, 0.717) is 19.1 Å². The number of amides is 1. The number of hydrogen-bond acceptors (Lipinski definition) is 4. The van der Waals surface area contributed by atoms with Crippen LogP contribution in [-0.4, -0.2) is 48.4 Å². The third kappa shape index (κ3) is 3.60. The van der Waals surface area contributed by atoms with Gasteiger partial charge in [0.1, 0.15) is 5.60 Å². The average Bonchev–Trinajstić information content (AvgIpc) is 2.53. The predicted molar refractivity (Wildman–Crippen MR) is 72.9 cm³/mol. The molecule has 2 aliphatic rings. The number of likely N-dealkylation sites (tertiary alicyclic amines) is 1. The van der Waals surface area contributed by atoms with Crippen LogP contribution in [0, 0.1) is 5.92 Å². The Balaban J connectivity index is 2.09. The first-order valence-corrected chi connectivity index (χ1v) is 7.21. The zero-order valence-corrected chi connectivity index (χ0v) is 12.2. The number of carbonyl (C=O) groups is 1. The van der Waals surface area contributed by atoms with Gasteiger partial charge in [-0.3, -0.25) is 0 Å². The van der Waals surface area contributed by atoms with Gasteiger partial charge in [0.25, 0.3) is 0 Å². The summed E-state index contributed by atoms with van der Waals surface area (Å²) < 4.78 is 11.0. The molecule has 19 heavy (non-hydrogen) atoms. The summed E-state index contributed by atoms with van der Waals surface area (Å²) in [7, 11) is 0. The molecular formula is C14H26N2O3. The second-order valence-corrected chi connectivity index (χ2v) is 6.55. The molecule has 0 aromatic carbocycles. The van der Waals surface area contributed by atoms with E-state index in [-0.39, 0.29) is 18.2 Å². The molecule has 2 saturated heterocycles. The largest absolute Gasteiger partial charge is 0.444 e. The number of nitrogens with zero attached hydrogens (tertiary/aromatic N) is 1. The molecule has 0 bridgehead atoms. The van der Waals surface area contributed by atoms with Crippen molar-refractivity contribution >= 4 is 6.09 Å². The van der Waals surface area contributed by atoms with E-state index in [0.717, 1.165) is 25.9 Å². The second-order valence-electron chi connectivity index (χ2n) is 6.55. The molecule has 0 aliphatic carbocycles. The van der Waals surface area contributed by atoms with Crippen molar-refractivity contribution in [2.75, 3.05) is 19.8 Å². The minimum absolute atomic E-state index is 0.168. The number of nitrogens with two attached hydrogens (primary N) is 1. The van der Waals surface area contributed by atoms with Gasteiger partial charge in [-0.2, -0.15) is 0 Å². The maximum atomic E-state index is 12.3. The standard InChI is InChI=1S/C14H26N2O3/c1-14(2,3)19-13(17)16-7-4-11(15)10-5-8-18-9-6-12(10)16/h10-12H,4-9,15H2,1-3H3. The van der Waals surface area contributed by atoms with Crippen LogP contribution in [-0.2, 0) is 9.47 Å². The van der Waals surface area contributed by atoms with Gasteiger partial charge in [0, 0.05) is 31.8 Å². The highest BCUT2D eigenvalue weighted by molar-refractivity contribution is 5.68. The van der Waals surface area contributed by atoms with E-state index < -0.39 is 5.60 Å². The van der Waals surface area contributed by atoms with Gasteiger partial charge >= 0.3 is 6.09 Å². The molecule has 3 unspecified atom stereocenters. The minimum atomic E-state index is -0.451. The molecule has 2 N–H and O–H groups in total. The molecule has 0 radical (unpaired) electrons. The first-order chi connectivity index (χ1) is 8.88. The van der Waals surface area contributed by atoms with Crippen molar-refractivity contribution < 1.29 is 14.3 Å². The van der Waals surface area contributed by atoms with E-state index in [1.54, 1.807) is 0 Å². The molecule has 0 spiro atoms. The highest BCUT2D eigenvalue weighted by Gasteiger charge is 2.40. The molecule has 2 rings (SSSR count). The van der Waals surface area contributed by atoms with Gasteiger partial charge in [-0.1, -0.05) is 0 Å². The Hall–Kier alpha value is -0.810. The quantitative estimate of drug-likeness (QED) is 0.728. The SMILES string of the molecule is CC(C)(C)OC(=O)N1CCC(N)C2CCOCCC21. The molecule has 2 aliphatic heterocycles. The Morgan fingerprint density at radius 2 is 1.95 bits per heavy atom. The van der Waals surface area contributed by atoms with Crippen molar-refractivity contribution in [2.24, 2.45) is 11.7 Å². The predicted octanol–water partition coefficient (Wildman–Crippen LogP) is 1.75. The number of piperidine rings is 1. The zero-order chi connectivity index (χ0) is 14.0. The molecule has 0 aromatic rings. The third-order valence-corrected chi connectivity index (χ3v) is 3.93. The topological polar surface area (TPSA) is 64.8 Å². The van der Waals surface area contributed by atoms with E-state index in [4.69, 9.17) is 15.2 Å². The number of fused-ring (bicyclic) bond motifs is 1. The maximum Gasteiger partial charge on any atom is 0.410 e. The van der Waals surface area contributed by atoms with Crippen LogP contribution < -0.4 is 5.73 Å². The Morgan fingerprint density at radius 1 is 1.26 bits per heavy atom. The molecule has 2 heterocycles. The second kappa shape index (κ2) is 5.67. The van der Waals surface area contributed by atoms with Gasteiger partial charge in [-0.05, 0) is 46.0 Å². The molecule has 0 aromatic heterocycles. The molecular weight excluding hydrogens is 244 g/mol. The van der Waals surface area contributed by atoms with Crippen LogP contribution >= 0.6 is 0 Å². The summed E-state index contributed by atoms with van der Waals surface area (Å²) in [4.78, 5) is 14.2. The summed E-state index contributed by atoms with van der Waals surface area (Å²) in [6.45, 7) is 7.83. The van der Waals surface area contributed by atoms with Gasteiger partial charge in [-0.25, -0.2) is 4.79 Å². The van der Waals surface area contributed by atoms with Gasteiger partial charge in [0.15, 0.2) is 0 Å². The number of hydrogen-bond donors (Lipinski definition) is 1. The van der Waals surface area contributed by atoms with Crippen LogP contribution in [0.5, 0.6) is 0 Å². The minimum Gasteiger partial charge on any atom is -0.444 e. The molecule has 5 heteroatoms. The van der Waals surface area contributed by atoms with Gasteiger partial charge < -0.3 is 20.1 Å². The fraction of sp³-hybridized carbons (Fsp3) is 0.929. The average molecular weight is 270 g/mol. The van der Waals surface area contributed by atoms with Crippen LogP contribution in [0.2, 0.25) is 0 Å². The fourth-order valence-corrected chi connectivity index (χ4v) is 3.03. The first-order valence-electron chi connectivity index (χ1n) is 7.21. The zero-order valence-electron chi connectivity index (χ0n) is 12.2. The van der Waals surface area contributed by atoms with Gasteiger partial charge in [-0.15, -0.1) is 0 Å². The van der Waals surface area contributed by atoms with Crippen molar-refractivity contribution in [1.29, 1.82) is 0 Å². The van der Waals surface area contributed by atoms with Crippen LogP contribution in [0.25, 0.3) is 0 Å². The number of ether oxygens (including phenoxy) is 2. The van der Waals surface area contributed by atoms with Crippen LogP contribution in [0.15, 0.2) is 0 Å². The summed E-state index contributed by atoms with van der Waals surface area (Å²) >= 11 is 0. The fourth-order valence-electron chi connectivity index (χ4n) is 3.03. The van der Waals surface area contributed by atoms with E-state index in [9.17, 15) is 4.79 Å². The lowest BCUT2D eigenvalue weighted by molar-refractivity contribution is -0.00383. The normalized spacial score (nSPS) is 32.4. The molecule has 5 nitrogen and oxygen atoms in total. The lowest BCUT2D eigenvalue weighted by Gasteiger charge is -2.43. The van der Waals surface area contributed by atoms with E-state index in [1.165, 1.54) is 0 Å². The molecule has 110 valence electrons. The molecule has 1 amide bonds. The van der Waals surface area contributed by atoms with Gasteiger partial charge in [0.2, 0.25) is 0 Å². The maximum absolute atomic E-state index is 12.3. The lowest BCUT2D eigenvalue weighted by Crippen LogP contribution is -2.56. The summed E-state index contributed by atoms with van der Waals surface area (Å²) in [5.41, 5.74) is 5.76. The Morgan fingerprint density at radius 3 is 2.63 bits per heavy atom.